The van der Waals surface area contributed by atoms with Crippen molar-refractivity contribution in [1.29, 1.82) is 0 Å². The first-order valence-electron chi connectivity index (χ1n) is 11.4. The fourth-order valence-corrected chi connectivity index (χ4v) is 3.54. The molecule has 0 saturated heterocycles. The molecule has 1 rings (SSSR count). The van der Waals surface area contributed by atoms with Crippen molar-refractivity contribution in [2.24, 2.45) is 0 Å². The molecule has 0 bridgehead atoms. The van der Waals surface area contributed by atoms with Gasteiger partial charge in [0.25, 0.3) is 5.91 Å². The second kappa shape index (κ2) is 15.3. The number of alkyl halides is 3. The van der Waals surface area contributed by atoms with Gasteiger partial charge in [0, 0.05) is 6.54 Å². The molecule has 0 atom stereocenters. The van der Waals surface area contributed by atoms with Crippen LogP contribution in [0.1, 0.15) is 113 Å². The van der Waals surface area contributed by atoms with Crippen molar-refractivity contribution >= 4 is 5.91 Å². The number of carbonyl (C=O) groups is 1. The number of benzene rings is 1. The number of hydrogen-bond acceptors (Lipinski definition) is 1. The average Bonchev–Trinajstić information content (AvgIpc) is 2.70. The largest absolute Gasteiger partial charge is 0.417 e. The van der Waals surface area contributed by atoms with Crippen LogP contribution >= 0.6 is 0 Å². The average molecular weight is 414 g/mol. The van der Waals surface area contributed by atoms with Crippen molar-refractivity contribution < 1.29 is 18.0 Å². The first kappa shape index (κ1) is 25.5. The summed E-state index contributed by atoms with van der Waals surface area (Å²) in [6, 6.07) is 4.93. The number of halogens is 3. The van der Waals surface area contributed by atoms with E-state index >= 15 is 0 Å². The summed E-state index contributed by atoms with van der Waals surface area (Å²) < 4.78 is 38.9. The van der Waals surface area contributed by atoms with Crippen LogP contribution in [0.2, 0.25) is 0 Å². The number of hydrogen-bond donors (Lipinski definition) is 1. The van der Waals surface area contributed by atoms with E-state index in [1.807, 2.05) is 0 Å². The number of carbonyl (C=O) groups excluding carboxylic acids is 1. The molecular weight excluding hydrogens is 375 g/mol. The Hall–Kier alpha value is -1.52. The van der Waals surface area contributed by atoms with Gasteiger partial charge in [0.2, 0.25) is 0 Å². The number of nitrogens with one attached hydrogen (secondary N) is 1. The van der Waals surface area contributed by atoms with Crippen molar-refractivity contribution in [3.63, 3.8) is 0 Å². The molecule has 1 amide bonds. The fourth-order valence-electron chi connectivity index (χ4n) is 3.54. The first-order valence-corrected chi connectivity index (χ1v) is 11.4. The van der Waals surface area contributed by atoms with Gasteiger partial charge in [-0.1, -0.05) is 103 Å². The number of amides is 1. The van der Waals surface area contributed by atoms with Gasteiger partial charge in [-0.3, -0.25) is 4.79 Å². The molecule has 0 saturated carbocycles. The predicted octanol–water partition coefficient (Wildman–Crippen LogP) is 7.92. The molecule has 0 heterocycles. The van der Waals surface area contributed by atoms with E-state index in [9.17, 15) is 18.0 Å². The maximum atomic E-state index is 13.0. The normalized spacial score (nSPS) is 11.6. The summed E-state index contributed by atoms with van der Waals surface area (Å²) in [5.41, 5.74) is -1.18. The Labute approximate surface area is 174 Å². The van der Waals surface area contributed by atoms with Gasteiger partial charge in [-0.05, 0) is 18.6 Å². The van der Waals surface area contributed by atoms with Crippen molar-refractivity contribution in [3.05, 3.63) is 35.4 Å². The molecule has 0 aliphatic heterocycles. The highest BCUT2D eigenvalue weighted by molar-refractivity contribution is 5.95. The maximum Gasteiger partial charge on any atom is 0.417 e. The Bertz CT molecular complexity index is 557. The van der Waals surface area contributed by atoms with Gasteiger partial charge < -0.3 is 5.32 Å². The Morgan fingerprint density at radius 2 is 1.21 bits per heavy atom. The van der Waals surface area contributed by atoms with Crippen LogP contribution in [0.25, 0.3) is 0 Å². The van der Waals surface area contributed by atoms with Crippen molar-refractivity contribution in [2.45, 2.75) is 103 Å². The lowest BCUT2D eigenvalue weighted by atomic mass is 10.0. The van der Waals surface area contributed by atoms with E-state index in [4.69, 9.17) is 0 Å². The molecule has 166 valence electrons. The Morgan fingerprint density at radius 1 is 0.759 bits per heavy atom. The second-order valence-corrected chi connectivity index (χ2v) is 7.90. The van der Waals surface area contributed by atoms with Gasteiger partial charge in [0.05, 0.1) is 11.1 Å². The minimum atomic E-state index is -4.51. The van der Waals surface area contributed by atoms with Crippen LogP contribution in [0.3, 0.4) is 0 Å². The lowest BCUT2D eigenvalue weighted by Crippen LogP contribution is -2.27. The van der Waals surface area contributed by atoms with Gasteiger partial charge in [-0.2, -0.15) is 13.2 Å². The molecule has 5 heteroatoms. The van der Waals surface area contributed by atoms with Gasteiger partial charge in [0.1, 0.15) is 0 Å². The van der Waals surface area contributed by atoms with E-state index in [-0.39, 0.29) is 5.56 Å². The molecule has 1 N–H and O–H groups in total. The van der Waals surface area contributed by atoms with E-state index in [1.165, 1.54) is 88.8 Å². The number of unbranched alkanes of at least 4 members (excludes halogenated alkanes) is 13. The summed E-state index contributed by atoms with van der Waals surface area (Å²) in [5, 5.41) is 2.62. The molecule has 1 aromatic rings. The molecule has 29 heavy (non-hydrogen) atoms. The zero-order valence-electron chi connectivity index (χ0n) is 18.0. The standard InChI is InChI=1S/C24H38F3NO/c1-2-3-4-5-6-7-8-9-10-11-12-13-14-17-20-28-23(29)21-18-15-16-19-22(21)24(25,26)27/h15-16,18-19H,2-14,17,20H2,1H3,(H,28,29). The molecule has 0 aliphatic carbocycles. The molecule has 0 spiro atoms. The minimum Gasteiger partial charge on any atom is -0.352 e. The highest BCUT2D eigenvalue weighted by Gasteiger charge is 2.34. The van der Waals surface area contributed by atoms with Gasteiger partial charge >= 0.3 is 6.18 Å². The van der Waals surface area contributed by atoms with E-state index < -0.39 is 17.6 Å². The zero-order valence-corrected chi connectivity index (χ0v) is 18.0. The van der Waals surface area contributed by atoms with Crippen molar-refractivity contribution in [2.75, 3.05) is 6.54 Å². The van der Waals surface area contributed by atoms with Crippen LogP contribution < -0.4 is 5.32 Å². The predicted molar refractivity (Wildman–Crippen MR) is 114 cm³/mol. The fraction of sp³-hybridized carbons (Fsp3) is 0.708. The van der Waals surface area contributed by atoms with Gasteiger partial charge in [-0.15, -0.1) is 0 Å². The number of rotatable bonds is 16. The molecule has 1 aromatic carbocycles. The van der Waals surface area contributed by atoms with Crippen molar-refractivity contribution in [1.82, 2.24) is 5.32 Å². The van der Waals surface area contributed by atoms with Crippen LogP contribution in [0, 0.1) is 0 Å². The Morgan fingerprint density at radius 3 is 1.69 bits per heavy atom. The zero-order chi connectivity index (χ0) is 21.4. The third-order valence-corrected chi connectivity index (χ3v) is 5.29. The first-order chi connectivity index (χ1) is 14.0. The Balaban J connectivity index is 2.00. The molecule has 2 nitrogen and oxygen atoms in total. The van der Waals surface area contributed by atoms with Crippen LogP contribution in [-0.4, -0.2) is 12.5 Å². The van der Waals surface area contributed by atoms with E-state index in [0.717, 1.165) is 25.3 Å². The minimum absolute atomic E-state index is 0.301. The highest BCUT2D eigenvalue weighted by Crippen LogP contribution is 2.31. The summed E-state index contributed by atoms with van der Waals surface area (Å²) >= 11 is 0. The van der Waals surface area contributed by atoms with Gasteiger partial charge in [-0.25, -0.2) is 0 Å². The smallest absolute Gasteiger partial charge is 0.352 e. The van der Waals surface area contributed by atoms with Gasteiger partial charge in [0.15, 0.2) is 0 Å². The second-order valence-electron chi connectivity index (χ2n) is 7.90. The molecule has 0 fully saturated rings. The summed E-state index contributed by atoms with van der Waals surface area (Å²) in [4.78, 5) is 12.0. The SMILES string of the molecule is CCCCCCCCCCCCCCCCNC(=O)c1ccccc1C(F)(F)F. The lowest BCUT2D eigenvalue weighted by Gasteiger charge is -2.12. The quantitative estimate of drug-likeness (QED) is 0.274. The molecule has 0 aromatic heterocycles. The van der Waals surface area contributed by atoms with E-state index in [1.54, 1.807) is 0 Å². The van der Waals surface area contributed by atoms with Crippen LogP contribution in [0.15, 0.2) is 24.3 Å². The maximum absolute atomic E-state index is 13.0. The third kappa shape index (κ3) is 11.9. The molecule has 0 aliphatic rings. The van der Waals surface area contributed by atoms with E-state index in [0.29, 0.717) is 6.54 Å². The third-order valence-electron chi connectivity index (χ3n) is 5.29. The molecule has 0 unspecified atom stereocenters. The lowest BCUT2D eigenvalue weighted by molar-refractivity contribution is -0.137. The molecular formula is C24H38F3NO. The Kier molecular flexibility index (Phi) is 13.5. The summed E-state index contributed by atoms with van der Waals surface area (Å²) in [7, 11) is 0. The summed E-state index contributed by atoms with van der Waals surface area (Å²) in [6.45, 7) is 2.66. The topological polar surface area (TPSA) is 29.1 Å². The highest BCUT2D eigenvalue weighted by atomic mass is 19.4. The summed E-state index contributed by atoms with van der Waals surface area (Å²) in [5.74, 6) is -0.646. The van der Waals surface area contributed by atoms with Crippen molar-refractivity contribution in [3.8, 4) is 0 Å². The summed E-state index contributed by atoms with van der Waals surface area (Å²) in [6.07, 6.45) is 13.0. The van der Waals surface area contributed by atoms with Crippen LogP contribution in [-0.2, 0) is 6.18 Å². The van der Waals surface area contributed by atoms with E-state index in [2.05, 4.69) is 12.2 Å². The monoisotopic (exact) mass is 413 g/mol. The molecule has 0 radical (unpaired) electrons. The van der Waals surface area contributed by atoms with Crippen LogP contribution in [0.4, 0.5) is 13.2 Å². The van der Waals surface area contributed by atoms with Crippen LogP contribution in [0.5, 0.6) is 0 Å².